The molecule has 116 valence electrons. The van der Waals surface area contributed by atoms with E-state index in [0.29, 0.717) is 0 Å². The van der Waals surface area contributed by atoms with Crippen LogP contribution in [0.15, 0.2) is 49.2 Å². The Hall–Kier alpha value is -2.73. The van der Waals surface area contributed by atoms with Crippen LogP contribution in [0.25, 0.3) is 11.3 Å². The van der Waals surface area contributed by atoms with Gasteiger partial charge in [-0.15, -0.1) is 0 Å². The fourth-order valence-electron chi connectivity index (χ4n) is 2.88. The van der Waals surface area contributed by atoms with Gasteiger partial charge in [0.25, 0.3) is 0 Å². The van der Waals surface area contributed by atoms with E-state index < -0.39 is 0 Å². The van der Waals surface area contributed by atoms with Gasteiger partial charge in [0.15, 0.2) is 0 Å². The molecule has 4 rings (SSSR count). The summed E-state index contributed by atoms with van der Waals surface area (Å²) in [7, 11) is 0. The highest BCUT2D eigenvalue weighted by Crippen LogP contribution is 2.25. The van der Waals surface area contributed by atoms with Gasteiger partial charge in [-0.1, -0.05) is 6.07 Å². The van der Waals surface area contributed by atoms with Crippen LogP contribution in [0.5, 0.6) is 0 Å². The van der Waals surface area contributed by atoms with Gasteiger partial charge >= 0.3 is 0 Å². The van der Waals surface area contributed by atoms with Crippen molar-refractivity contribution in [3.05, 3.63) is 60.3 Å². The Morgan fingerprint density at radius 1 is 1.22 bits per heavy atom. The monoisotopic (exact) mass is 306 g/mol. The molecule has 0 unspecified atom stereocenters. The average Bonchev–Trinajstić information content (AvgIpc) is 3.04. The number of anilines is 1. The fraction of sp³-hybridized carbons (Fsp3) is 0.235. The highest BCUT2D eigenvalue weighted by atomic mass is 15.2. The summed E-state index contributed by atoms with van der Waals surface area (Å²) in [4.78, 5) is 11.2. The summed E-state index contributed by atoms with van der Waals surface area (Å²) in [5, 5.41) is 10.3. The number of fused-ring (bicyclic) bond motifs is 1. The zero-order chi connectivity index (χ0) is 15.5. The molecular formula is C17H18N6. The molecule has 2 N–H and O–H groups in total. The molecule has 0 saturated heterocycles. The van der Waals surface area contributed by atoms with Crippen LogP contribution in [0.4, 0.5) is 5.69 Å². The van der Waals surface area contributed by atoms with Gasteiger partial charge in [-0.25, -0.2) is 0 Å². The molecule has 0 fully saturated rings. The highest BCUT2D eigenvalue weighted by molar-refractivity contribution is 5.65. The van der Waals surface area contributed by atoms with Crippen molar-refractivity contribution >= 4 is 5.69 Å². The number of pyridine rings is 2. The Kier molecular flexibility index (Phi) is 3.73. The molecule has 0 saturated carbocycles. The lowest BCUT2D eigenvalue weighted by Crippen LogP contribution is -2.25. The van der Waals surface area contributed by atoms with Crippen molar-refractivity contribution < 1.29 is 0 Å². The van der Waals surface area contributed by atoms with E-state index in [1.54, 1.807) is 6.20 Å². The summed E-state index contributed by atoms with van der Waals surface area (Å²) >= 11 is 0. The summed E-state index contributed by atoms with van der Waals surface area (Å²) in [5.74, 6) is 0. The lowest BCUT2D eigenvalue weighted by atomic mass is 10.1. The van der Waals surface area contributed by atoms with Crippen molar-refractivity contribution in [1.29, 1.82) is 0 Å². The Morgan fingerprint density at radius 2 is 2.22 bits per heavy atom. The van der Waals surface area contributed by atoms with Crippen LogP contribution < -0.4 is 5.32 Å². The summed E-state index contributed by atoms with van der Waals surface area (Å²) in [5.41, 5.74) is 5.55. The van der Waals surface area contributed by atoms with E-state index in [1.807, 2.05) is 30.9 Å². The Morgan fingerprint density at radius 3 is 3.04 bits per heavy atom. The Labute approximate surface area is 134 Å². The molecule has 3 aromatic rings. The fourth-order valence-corrected chi connectivity index (χ4v) is 2.88. The molecule has 0 bridgehead atoms. The zero-order valence-corrected chi connectivity index (χ0v) is 12.7. The molecule has 0 aromatic carbocycles. The molecule has 0 aliphatic carbocycles. The molecule has 0 radical (unpaired) electrons. The van der Waals surface area contributed by atoms with Crippen molar-refractivity contribution in [3.8, 4) is 11.3 Å². The number of aromatic nitrogens is 4. The van der Waals surface area contributed by atoms with Crippen molar-refractivity contribution in [3.63, 3.8) is 0 Å². The first-order valence-electron chi connectivity index (χ1n) is 7.72. The number of nitrogens with one attached hydrogen (secondary N) is 2. The minimum absolute atomic E-state index is 0.885. The van der Waals surface area contributed by atoms with E-state index in [1.165, 1.54) is 11.1 Å². The smallest absolute Gasteiger partial charge is 0.0754 e. The highest BCUT2D eigenvalue weighted by Gasteiger charge is 2.16. The van der Waals surface area contributed by atoms with Crippen molar-refractivity contribution in [2.45, 2.75) is 13.1 Å². The Bertz CT molecular complexity index is 769. The molecule has 23 heavy (non-hydrogen) atoms. The van der Waals surface area contributed by atoms with Crippen molar-refractivity contribution in [2.24, 2.45) is 0 Å². The number of hydrogen-bond donors (Lipinski definition) is 2. The normalized spacial score (nSPS) is 14.8. The maximum Gasteiger partial charge on any atom is 0.0754 e. The predicted molar refractivity (Wildman–Crippen MR) is 88.7 cm³/mol. The molecule has 0 amide bonds. The first-order chi connectivity index (χ1) is 11.4. The van der Waals surface area contributed by atoms with Gasteiger partial charge in [0.1, 0.15) is 0 Å². The van der Waals surface area contributed by atoms with Crippen LogP contribution >= 0.6 is 0 Å². The van der Waals surface area contributed by atoms with Gasteiger partial charge in [-0.05, 0) is 17.7 Å². The number of nitrogens with zero attached hydrogens (tertiary/aromatic N) is 4. The van der Waals surface area contributed by atoms with Crippen LogP contribution in [-0.4, -0.2) is 38.2 Å². The van der Waals surface area contributed by atoms with Gasteiger partial charge in [0.2, 0.25) is 0 Å². The van der Waals surface area contributed by atoms with Crippen LogP contribution in [-0.2, 0) is 13.1 Å². The lowest BCUT2D eigenvalue weighted by Gasteiger charge is -2.19. The standard InChI is InChI=1S/C17H18N6/c1-2-13(7-18-3-1)11-23-5-4-19-17-6-16(14-9-21-22-10-14)20-8-15(17)12-23/h1-3,6-10,19H,4-5,11-12H2,(H,21,22). The second-order valence-corrected chi connectivity index (χ2v) is 5.71. The van der Waals surface area contributed by atoms with E-state index in [9.17, 15) is 0 Å². The van der Waals surface area contributed by atoms with Crippen LogP contribution in [0.3, 0.4) is 0 Å². The number of aromatic amines is 1. The molecular weight excluding hydrogens is 288 g/mol. The van der Waals surface area contributed by atoms with Gasteiger partial charge in [-0.3, -0.25) is 20.0 Å². The third-order valence-corrected chi connectivity index (χ3v) is 4.05. The van der Waals surface area contributed by atoms with Crippen LogP contribution in [0.1, 0.15) is 11.1 Å². The molecule has 0 spiro atoms. The molecule has 6 heteroatoms. The third-order valence-electron chi connectivity index (χ3n) is 4.05. The topological polar surface area (TPSA) is 69.7 Å². The first kappa shape index (κ1) is 13.9. The van der Waals surface area contributed by atoms with Crippen molar-refractivity contribution in [1.82, 2.24) is 25.1 Å². The minimum Gasteiger partial charge on any atom is -0.383 e. The second kappa shape index (κ2) is 6.18. The third kappa shape index (κ3) is 3.07. The zero-order valence-electron chi connectivity index (χ0n) is 12.7. The van der Waals surface area contributed by atoms with Gasteiger partial charge in [0.05, 0.1) is 11.9 Å². The number of rotatable bonds is 3. The SMILES string of the molecule is c1cncc(CN2CCNc3cc(-c4cn[nH]c4)ncc3C2)c1. The van der Waals surface area contributed by atoms with E-state index >= 15 is 0 Å². The van der Waals surface area contributed by atoms with E-state index in [0.717, 1.165) is 43.1 Å². The molecule has 3 aromatic heterocycles. The second-order valence-electron chi connectivity index (χ2n) is 5.71. The van der Waals surface area contributed by atoms with Crippen LogP contribution in [0, 0.1) is 0 Å². The molecule has 0 atom stereocenters. The minimum atomic E-state index is 0.885. The lowest BCUT2D eigenvalue weighted by molar-refractivity contribution is 0.271. The summed E-state index contributed by atoms with van der Waals surface area (Å²) in [6, 6.07) is 6.21. The van der Waals surface area contributed by atoms with Gasteiger partial charge in [-0.2, -0.15) is 5.10 Å². The summed E-state index contributed by atoms with van der Waals surface area (Å²) in [6.07, 6.45) is 9.36. The summed E-state index contributed by atoms with van der Waals surface area (Å²) < 4.78 is 0. The molecule has 6 nitrogen and oxygen atoms in total. The number of hydrogen-bond acceptors (Lipinski definition) is 5. The van der Waals surface area contributed by atoms with E-state index in [-0.39, 0.29) is 0 Å². The maximum absolute atomic E-state index is 4.58. The van der Waals surface area contributed by atoms with Gasteiger partial charge < -0.3 is 5.32 Å². The number of H-pyrrole nitrogens is 1. The Balaban J connectivity index is 1.55. The van der Waals surface area contributed by atoms with Crippen molar-refractivity contribution in [2.75, 3.05) is 18.4 Å². The summed E-state index contributed by atoms with van der Waals surface area (Å²) in [6.45, 7) is 3.70. The maximum atomic E-state index is 4.58. The molecule has 1 aliphatic heterocycles. The largest absolute Gasteiger partial charge is 0.383 e. The average molecular weight is 306 g/mol. The van der Waals surface area contributed by atoms with E-state index in [2.05, 4.69) is 42.5 Å². The molecule has 1 aliphatic rings. The van der Waals surface area contributed by atoms with E-state index in [4.69, 9.17) is 0 Å². The quantitative estimate of drug-likeness (QED) is 0.777. The van der Waals surface area contributed by atoms with Gasteiger partial charge in [0, 0.05) is 67.8 Å². The first-order valence-corrected chi connectivity index (χ1v) is 7.72. The van der Waals surface area contributed by atoms with Crippen LogP contribution in [0.2, 0.25) is 0 Å². The molecule has 4 heterocycles. The predicted octanol–water partition coefficient (Wildman–Crippen LogP) is 2.29.